The van der Waals surface area contributed by atoms with Gasteiger partial charge in [0, 0.05) is 12.1 Å². The molecule has 1 N–H and O–H groups in total. The molecule has 218 valence electrons. The molecule has 1 amide bonds. The van der Waals surface area contributed by atoms with E-state index >= 15 is 0 Å². The largest absolute Gasteiger partial charge is 0.507 e. The second kappa shape index (κ2) is 15.3. The molecule has 40 heavy (non-hydrogen) atoms. The molecule has 0 aromatic heterocycles. The van der Waals surface area contributed by atoms with Gasteiger partial charge < -0.3 is 29.1 Å². The number of likely N-dealkylation sites (tertiary alicyclic amines) is 1. The van der Waals surface area contributed by atoms with E-state index in [1.165, 1.54) is 0 Å². The van der Waals surface area contributed by atoms with E-state index in [1.54, 1.807) is 42.3 Å². The number of methoxy groups -OCH3 is 1. The minimum atomic E-state index is -0.758. The predicted octanol–water partition coefficient (Wildman–Crippen LogP) is 5.82. The fourth-order valence-corrected chi connectivity index (χ4v) is 5.00. The van der Waals surface area contributed by atoms with Crippen LogP contribution in [0.1, 0.15) is 70.5 Å². The predicted molar refractivity (Wildman–Crippen MR) is 157 cm³/mol. The van der Waals surface area contributed by atoms with E-state index < -0.39 is 17.7 Å². The van der Waals surface area contributed by atoms with Crippen LogP contribution in [0.3, 0.4) is 0 Å². The second-order valence-electron chi connectivity index (χ2n) is 9.80. The van der Waals surface area contributed by atoms with Crippen LogP contribution in [0.5, 0.6) is 17.2 Å². The molecule has 0 spiro atoms. The molecular formula is C32H44N2O6. The van der Waals surface area contributed by atoms with Gasteiger partial charge in [-0.05, 0) is 81.4 Å². The number of unbranched alkanes of at least 4 members (excludes halogenated alkanes) is 2. The fraction of sp³-hybridized carbons (Fsp3) is 0.500. The Labute approximate surface area is 238 Å². The number of ketones is 1. The first-order valence-electron chi connectivity index (χ1n) is 14.4. The van der Waals surface area contributed by atoms with Gasteiger partial charge in [0.2, 0.25) is 0 Å². The SMILES string of the molecule is CCCCCOc1ccc(C2C(=C(O)c3ccc(OCC)cc3)C(=O)C(=O)N2CCCN(CC)CC)cc1OC. The Kier molecular flexibility index (Phi) is 11.9. The number of ether oxygens (including phenoxy) is 3. The molecule has 1 heterocycles. The van der Waals surface area contributed by atoms with Gasteiger partial charge >= 0.3 is 0 Å². The van der Waals surface area contributed by atoms with Gasteiger partial charge in [-0.15, -0.1) is 0 Å². The molecule has 1 fully saturated rings. The van der Waals surface area contributed by atoms with Gasteiger partial charge in [0.15, 0.2) is 11.5 Å². The number of benzene rings is 2. The third-order valence-electron chi connectivity index (χ3n) is 7.26. The summed E-state index contributed by atoms with van der Waals surface area (Å²) in [5.74, 6) is 0.258. The summed E-state index contributed by atoms with van der Waals surface area (Å²) >= 11 is 0. The Bertz CT molecular complexity index is 1160. The summed E-state index contributed by atoms with van der Waals surface area (Å²) in [5, 5.41) is 11.4. The molecule has 2 aromatic carbocycles. The molecule has 0 radical (unpaired) electrons. The van der Waals surface area contributed by atoms with E-state index in [4.69, 9.17) is 14.2 Å². The second-order valence-corrected chi connectivity index (χ2v) is 9.80. The van der Waals surface area contributed by atoms with Crippen molar-refractivity contribution in [3.63, 3.8) is 0 Å². The van der Waals surface area contributed by atoms with Crippen molar-refractivity contribution in [2.24, 2.45) is 0 Å². The lowest BCUT2D eigenvalue weighted by molar-refractivity contribution is -0.140. The van der Waals surface area contributed by atoms with Crippen LogP contribution in [-0.4, -0.2) is 73.1 Å². The van der Waals surface area contributed by atoms with Crippen molar-refractivity contribution in [3.05, 3.63) is 59.2 Å². The number of amides is 1. The number of Topliss-reactive ketones (excluding diaryl/α,β-unsaturated/α-hetero) is 1. The van der Waals surface area contributed by atoms with Crippen molar-refractivity contribution in [2.75, 3.05) is 46.5 Å². The van der Waals surface area contributed by atoms with Gasteiger partial charge in [-0.2, -0.15) is 0 Å². The first-order valence-corrected chi connectivity index (χ1v) is 14.4. The monoisotopic (exact) mass is 552 g/mol. The molecule has 0 aliphatic carbocycles. The maximum absolute atomic E-state index is 13.4. The van der Waals surface area contributed by atoms with Gasteiger partial charge in [0.25, 0.3) is 11.7 Å². The van der Waals surface area contributed by atoms with Crippen LogP contribution in [0.2, 0.25) is 0 Å². The number of aliphatic hydroxyl groups is 1. The molecule has 2 aromatic rings. The quantitative estimate of drug-likeness (QED) is 0.122. The van der Waals surface area contributed by atoms with E-state index in [0.717, 1.165) is 38.9 Å². The van der Waals surface area contributed by atoms with E-state index in [1.807, 2.05) is 19.1 Å². The molecule has 0 bridgehead atoms. The first-order chi connectivity index (χ1) is 19.4. The van der Waals surface area contributed by atoms with Crippen LogP contribution in [0.4, 0.5) is 0 Å². The van der Waals surface area contributed by atoms with E-state index in [9.17, 15) is 14.7 Å². The van der Waals surface area contributed by atoms with Gasteiger partial charge in [-0.25, -0.2) is 0 Å². The first kappa shape index (κ1) is 31.0. The zero-order valence-corrected chi connectivity index (χ0v) is 24.6. The van der Waals surface area contributed by atoms with Crippen molar-refractivity contribution in [1.29, 1.82) is 0 Å². The smallest absolute Gasteiger partial charge is 0.295 e. The summed E-state index contributed by atoms with van der Waals surface area (Å²) in [5.41, 5.74) is 1.18. The third kappa shape index (κ3) is 7.36. The maximum Gasteiger partial charge on any atom is 0.295 e. The van der Waals surface area contributed by atoms with Gasteiger partial charge in [-0.3, -0.25) is 9.59 Å². The Morgan fingerprint density at radius 3 is 2.27 bits per heavy atom. The van der Waals surface area contributed by atoms with Crippen molar-refractivity contribution >= 4 is 17.4 Å². The Morgan fingerprint density at radius 1 is 0.925 bits per heavy atom. The number of hydrogen-bond acceptors (Lipinski definition) is 7. The van der Waals surface area contributed by atoms with E-state index in [2.05, 4.69) is 25.7 Å². The van der Waals surface area contributed by atoms with Gasteiger partial charge in [0.1, 0.15) is 11.5 Å². The fourth-order valence-electron chi connectivity index (χ4n) is 5.00. The maximum atomic E-state index is 13.4. The average molecular weight is 553 g/mol. The number of hydrogen-bond donors (Lipinski definition) is 1. The highest BCUT2D eigenvalue weighted by Crippen LogP contribution is 2.42. The number of aliphatic hydroxyl groups excluding tert-OH is 1. The Balaban J connectivity index is 2.02. The van der Waals surface area contributed by atoms with Crippen LogP contribution in [0.15, 0.2) is 48.0 Å². The van der Waals surface area contributed by atoms with Gasteiger partial charge in [-0.1, -0.05) is 39.7 Å². The molecule has 1 aliphatic rings. The van der Waals surface area contributed by atoms with Crippen LogP contribution in [0.25, 0.3) is 5.76 Å². The average Bonchev–Trinajstić information content (AvgIpc) is 3.22. The van der Waals surface area contributed by atoms with E-state index in [-0.39, 0.29) is 11.3 Å². The highest BCUT2D eigenvalue weighted by atomic mass is 16.5. The molecule has 8 nitrogen and oxygen atoms in total. The summed E-state index contributed by atoms with van der Waals surface area (Å²) in [6, 6.07) is 11.6. The Hall–Kier alpha value is -3.52. The lowest BCUT2D eigenvalue weighted by atomic mass is 9.95. The Morgan fingerprint density at radius 2 is 1.65 bits per heavy atom. The van der Waals surface area contributed by atoms with Gasteiger partial charge in [0.05, 0.1) is 31.9 Å². The van der Waals surface area contributed by atoms with Crippen molar-refractivity contribution in [1.82, 2.24) is 9.80 Å². The number of carbonyl (C=O) groups is 2. The highest BCUT2D eigenvalue weighted by molar-refractivity contribution is 6.46. The van der Waals surface area contributed by atoms with Crippen LogP contribution in [-0.2, 0) is 9.59 Å². The van der Waals surface area contributed by atoms with Crippen LogP contribution < -0.4 is 14.2 Å². The molecule has 1 aliphatic heterocycles. The lowest BCUT2D eigenvalue weighted by Gasteiger charge is -2.27. The summed E-state index contributed by atoms with van der Waals surface area (Å²) in [6.07, 6.45) is 3.81. The molecule has 8 heteroatoms. The molecular weight excluding hydrogens is 508 g/mol. The number of rotatable bonds is 16. The highest BCUT2D eigenvalue weighted by Gasteiger charge is 2.46. The number of carbonyl (C=O) groups excluding carboxylic acids is 2. The molecule has 1 atom stereocenters. The zero-order valence-electron chi connectivity index (χ0n) is 24.6. The summed E-state index contributed by atoms with van der Waals surface area (Å²) in [4.78, 5) is 30.6. The lowest BCUT2D eigenvalue weighted by Crippen LogP contribution is -2.33. The zero-order chi connectivity index (χ0) is 29.1. The summed E-state index contributed by atoms with van der Waals surface area (Å²) < 4.78 is 17.1. The van der Waals surface area contributed by atoms with E-state index in [0.29, 0.717) is 54.6 Å². The molecule has 0 saturated carbocycles. The van der Waals surface area contributed by atoms with Crippen molar-refractivity contribution in [2.45, 2.75) is 59.4 Å². The molecule has 1 unspecified atom stereocenters. The third-order valence-corrected chi connectivity index (χ3v) is 7.26. The molecule has 1 saturated heterocycles. The topological polar surface area (TPSA) is 88.5 Å². The van der Waals surface area contributed by atoms with Crippen molar-refractivity contribution in [3.8, 4) is 17.2 Å². The van der Waals surface area contributed by atoms with Crippen LogP contribution >= 0.6 is 0 Å². The summed E-state index contributed by atoms with van der Waals surface area (Å²) in [6.45, 7) is 12.3. The standard InChI is InChI=1S/C32H44N2O6/c1-6-10-11-21-40-26-18-15-24(22-27(26)38-5)29-28(30(35)23-13-16-25(17-14-23)39-9-4)31(36)32(37)34(29)20-12-19-33(7-2)8-3/h13-18,22,29,35H,6-12,19-21H2,1-5H3. The normalized spacial score (nSPS) is 16.6. The summed E-state index contributed by atoms with van der Waals surface area (Å²) in [7, 11) is 1.57. The minimum Gasteiger partial charge on any atom is -0.507 e. The molecule has 3 rings (SSSR count). The van der Waals surface area contributed by atoms with Crippen LogP contribution in [0, 0.1) is 0 Å². The van der Waals surface area contributed by atoms with Crippen molar-refractivity contribution < 1.29 is 28.9 Å². The number of nitrogens with zero attached hydrogens (tertiary/aromatic N) is 2. The minimum absolute atomic E-state index is 0.0654.